The maximum absolute atomic E-state index is 9.00. The van der Waals surface area contributed by atoms with Gasteiger partial charge in [0.2, 0.25) is 0 Å². The van der Waals surface area contributed by atoms with Crippen LogP contribution in [0.5, 0.6) is 0 Å². The molecule has 4 N–H and O–H groups in total. The van der Waals surface area contributed by atoms with E-state index in [9.17, 15) is 0 Å². The lowest BCUT2D eigenvalue weighted by atomic mass is 11.2. The molecular weight excluding hydrogens is 98.0 g/mol. The van der Waals surface area contributed by atoms with Crippen LogP contribution in [-0.4, -0.2) is 6.03 Å². The zero-order chi connectivity index (χ0) is 3.58. The molecule has 0 aromatic carbocycles. The smallest absolute Gasteiger partial charge is 0.309 e. The summed E-state index contributed by atoms with van der Waals surface area (Å²) in [5.74, 6) is 0. The van der Waals surface area contributed by atoms with Gasteiger partial charge in [-0.1, -0.05) is 0 Å². The fourth-order valence-electron chi connectivity index (χ4n) is 0. The van der Waals surface area contributed by atoms with E-state index in [0.29, 0.717) is 0 Å². The number of hydrogen-bond acceptors (Lipinski definition) is 1. The predicted octanol–water partition coefficient (Wildman–Crippen LogP) is -2.42. The van der Waals surface area contributed by atoms with Crippen LogP contribution in [0.2, 0.25) is 0 Å². The molecule has 0 aliphatic carbocycles. The highest BCUT2D eigenvalue weighted by molar-refractivity contribution is 5.69. The van der Waals surface area contributed by atoms with Crippen LogP contribution in [0.25, 0.3) is 0 Å². The number of carbonyl (C=O) groups is 1. The molecule has 9 radical (unpaired) electrons. The molecule has 0 aliphatic rings. The maximum atomic E-state index is 9.00. The average molecular weight is 102 g/mol. The van der Waals surface area contributed by atoms with E-state index in [0.717, 1.165) is 0 Å². The molecule has 0 aliphatic heterocycles. The lowest BCUT2D eigenvalue weighted by molar-refractivity contribution is 0.256. The first-order valence-corrected chi connectivity index (χ1v) is 0.781. The quantitative estimate of drug-likeness (QED) is 0.342. The number of primary amides is 2. The van der Waals surface area contributed by atoms with E-state index in [1.165, 1.54) is 0 Å². The van der Waals surface area contributed by atoms with Gasteiger partial charge in [-0.3, -0.25) is 0 Å². The molecular formula is CH4N5O. The molecule has 2 amide bonds. The van der Waals surface area contributed by atoms with Crippen molar-refractivity contribution in [1.82, 2.24) is 18.5 Å². The Hall–Kier alpha value is -0.850. The molecule has 0 rings (SSSR count). The molecule has 0 aromatic heterocycles. The fraction of sp³-hybridized carbons (Fsp3) is 0. The second-order valence-electron chi connectivity index (χ2n) is 0.402. The monoisotopic (exact) mass is 102 g/mol. The molecule has 0 saturated heterocycles. The van der Waals surface area contributed by atoms with E-state index in [1.807, 2.05) is 0 Å². The first-order valence-electron chi connectivity index (χ1n) is 0.781. The molecule has 6 heteroatoms. The Morgan fingerprint density at radius 2 is 1.00 bits per heavy atom. The molecule has 0 fully saturated rings. The van der Waals surface area contributed by atoms with Gasteiger partial charge in [0.15, 0.2) is 0 Å². The van der Waals surface area contributed by atoms with Gasteiger partial charge in [0.1, 0.15) is 0 Å². The first kappa shape index (κ1) is 35.3. The zero-order valence-corrected chi connectivity index (χ0v) is 3.40. The minimum atomic E-state index is -0.833. The Morgan fingerprint density at radius 3 is 1.00 bits per heavy atom. The standard InChI is InChI=1S/CH4N2O.3N/c2-1(3)4;;;/h(H4,2,3,4);;;. The van der Waals surface area contributed by atoms with E-state index >= 15 is 0 Å². The van der Waals surface area contributed by atoms with Crippen molar-refractivity contribution in [3.8, 4) is 0 Å². The number of nitrogens with zero attached hydrogens (tertiary/aromatic N) is 3. The minimum absolute atomic E-state index is 0. The Balaban J connectivity index is -0.0000000150. The van der Waals surface area contributed by atoms with Crippen LogP contribution in [0.1, 0.15) is 0 Å². The summed E-state index contributed by atoms with van der Waals surface area (Å²) in [6.45, 7) is 0. The third-order valence-corrected chi connectivity index (χ3v) is 0. The summed E-state index contributed by atoms with van der Waals surface area (Å²) in [5, 5.41) is 0. The Labute approximate surface area is 42.0 Å². The first-order chi connectivity index (χ1) is 1.73. The average Bonchev–Trinajstić information content (AvgIpc) is 0.811. The molecule has 0 heterocycles. The summed E-state index contributed by atoms with van der Waals surface area (Å²) >= 11 is 0. The third kappa shape index (κ3) is 70.7. The number of carbonyl (C=O) groups excluding carboxylic acids is 1. The van der Waals surface area contributed by atoms with Gasteiger partial charge in [-0.05, 0) is 0 Å². The number of amides is 2. The third-order valence-electron chi connectivity index (χ3n) is 0. The second-order valence-corrected chi connectivity index (χ2v) is 0.402. The summed E-state index contributed by atoms with van der Waals surface area (Å²) in [6.07, 6.45) is 0. The van der Waals surface area contributed by atoms with Crippen molar-refractivity contribution in [2.24, 2.45) is 11.5 Å². The van der Waals surface area contributed by atoms with Crippen molar-refractivity contribution in [2.75, 3.05) is 0 Å². The molecule has 39 valence electrons. The van der Waals surface area contributed by atoms with Crippen molar-refractivity contribution in [1.29, 1.82) is 0 Å². The molecule has 6 nitrogen and oxygen atoms in total. The highest BCUT2D eigenvalue weighted by Gasteiger charge is 1.60. The fourth-order valence-corrected chi connectivity index (χ4v) is 0. The summed E-state index contributed by atoms with van der Waals surface area (Å²) in [5.41, 5.74) is 8.50. The minimum Gasteiger partial charge on any atom is -0.352 e. The maximum Gasteiger partial charge on any atom is 0.309 e. The van der Waals surface area contributed by atoms with Gasteiger partial charge in [-0.2, -0.15) is 0 Å². The van der Waals surface area contributed by atoms with E-state index in [-0.39, 0.29) is 18.5 Å². The van der Waals surface area contributed by atoms with Gasteiger partial charge >= 0.3 is 6.03 Å². The number of urea groups is 1. The Kier molecular flexibility index (Phi) is 96.7. The number of rotatable bonds is 0. The Morgan fingerprint density at radius 1 is 1.00 bits per heavy atom. The molecule has 0 saturated carbocycles. The molecule has 0 bridgehead atoms. The van der Waals surface area contributed by atoms with Gasteiger partial charge in [0.25, 0.3) is 0 Å². The zero-order valence-electron chi connectivity index (χ0n) is 3.40. The summed E-state index contributed by atoms with van der Waals surface area (Å²) in [7, 11) is 0. The number of hydrogen-bond donors (Lipinski definition) is 2. The predicted molar refractivity (Wildman–Crippen MR) is 20.2 cm³/mol. The summed E-state index contributed by atoms with van der Waals surface area (Å²) < 4.78 is 0. The van der Waals surface area contributed by atoms with Crippen molar-refractivity contribution >= 4 is 6.03 Å². The van der Waals surface area contributed by atoms with Gasteiger partial charge in [0, 0.05) is 18.5 Å². The molecule has 0 spiro atoms. The van der Waals surface area contributed by atoms with Crippen LogP contribution in [-0.2, 0) is 0 Å². The summed E-state index contributed by atoms with van der Waals surface area (Å²) in [6, 6.07) is -0.833. The number of nitrogens with two attached hydrogens (primary N) is 2. The van der Waals surface area contributed by atoms with Crippen LogP contribution in [0.15, 0.2) is 0 Å². The molecule has 0 aromatic rings. The van der Waals surface area contributed by atoms with Crippen molar-refractivity contribution in [3.05, 3.63) is 0 Å². The van der Waals surface area contributed by atoms with E-state index in [4.69, 9.17) is 4.79 Å². The van der Waals surface area contributed by atoms with E-state index in [1.54, 1.807) is 0 Å². The summed E-state index contributed by atoms with van der Waals surface area (Å²) in [4.78, 5) is 9.00. The van der Waals surface area contributed by atoms with E-state index in [2.05, 4.69) is 11.5 Å². The van der Waals surface area contributed by atoms with Crippen molar-refractivity contribution < 1.29 is 4.79 Å². The van der Waals surface area contributed by atoms with Gasteiger partial charge in [0.05, 0.1) is 0 Å². The molecule has 0 atom stereocenters. The van der Waals surface area contributed by atoms with Crippen LogP contribution < -0.4 is 29.9 Å². The highest BCUT2D eigenvalue weighted by atomic mass is 16.2. The van der Waals surface area contributed by atoms with Gasteiger partial charge < -0.3 is 11.5 Å². The lowest BCUT2D eigenvalue weighted by Gasteiger charge is -1.62. The SMILES string of the molecule is NC(N)=O.[N].[N].[N]. The molecule has 7 heavy (non-hydrogen) atoms. The van der Waals surface area contributed by atoms with E-state index < -0.39 is 6.03 Å². The molecule has 0 unspecified atom stereocenters. The van der Waals surface area contributed by atoms with Gasteiger partial charge in [-0.15, -0.1) is 0 Å². The Bertz CT molecular complexity index is 31.1. The highest BCUT2D eigenvalue weighted by Crippen LogP contribution is 1.25. The van der Waals surface area contributed by atoms with Crippen LogP contribution in [0.4, 0.5) is 4.79 Å². The van der Waals surface area contributed by atoms with Crippen molar-refractivity contribution in [2.45, 2.75) is 0 Å². The topological polar surface area (TPSA) is 161 Å². The van der Waals surface area contributed by atoms with Gasteiger partial charge in [-0.25, -0.2) is 4.79 Å². The normalized spacial score (nSPS) is 3.43. The van der Waals surface area contributed by atoms with Crippen molar-refractivity contribution in [3.63, 3.8) is 0 Å². The lowest BCUT2D eigenvalue weighted by Crippen LogP contribution is -2.18. The second kappa shape index (κ2) is 19.2. The van der Waals surface area contributed by atoms with Crippen LogP contribution in [0, 0.1) is 0 Å². The van der Waals surface area contributed by atoms with Crippen LogP contribution >= 0.6 is 0 Å². The van der Waals surface area contributed by atoms with Crippen LogP contribution in [0.3, 0.4) is 0 Å². The largest absolute Gasteiger partial charge is 0.352 e.